The average Bonchev–Trinajstić information content (AvgIpc) is 3.56. The Balaban J connectivity index is 1.60. The largest absolute Gasteiger partial charge is 0.448 e. The highest BCUT2D eigenvalue weighted by atomic mass is 16.5. The van der Waals surface area contributed by atoms with Gasteiger partial charge in [0.15, 0.2) is 28.9 Å². The van der Waals surface area contributed by atoms with E-state index < -0.39 is 5.54 Å². The molecule has 2 aromatic heterocycles. The fraction of sp³-hybridized carbons (Fsp3) is 0.167. The molecule has 0 saturated carbocycles. The minimum Gasteiger partial charge on any atom is -0.448 e. The number of hydrogen-bond donors (Lipinski definition) is 0. The topological polar surface area (TPSA) is 21.9 Å². The van der Waals surface area contributed by atoms with Crippen LogP contribution < -0.4 is 13.9 Å². The van der Waals surface area contributed by atoms with Gasteiger partial charge in [0.25, 0.3) is 0 Å². The van der Waals surface area contributed by atoms with Gasteiger partial charge >= 0.3 is 11.4 Å². The van der Waals surface area contributed by atoms with Crippen LogP contribution in [0.4, 0.5) is 0 Å². The van der Waals surface area contributed by atoms with Gasteiger partial charge in [-0.2, -0.15) is 13.7 Å². The van der Waals surface area contributed by atoms with Crippen molar-refractivity contribution in [3.05, 3.63) is 131 Å². The highest BCUT2D eigenvalue weighted by Crippen LogP contribution is 2.56. The quantitative estimate of drug-likeness (QED) is 0.222. The Kier molecular flexibility index (Phi) is 4.03. The summed E-state index contributed by atoms with van der Waals surface area (Å²) in [6.45, 7) is 8.97. The van der Waals surface area contributed by atoms with E-state index in [4.69, 9.17) is 4.74 Å². The molecule has 0 N–H and O–H groups in total. The zero-order valence-corrected chi connectivity index (χ0v) is 23.1. The molecular weight excluding hydrogens is 490 g/mol. The van der Waals surface area contributed by atoms with Crippen LogP contribution in [0.1, 0.15) is 53.4 Å². The molecule has 1 atom stereocenters. The first kappa shape index (κ1) is 22.2. The summed E-state index contributed by atoms with van der Waals surface area (Å²) in [5, 5.41) is 0. The monoisotopic (exact) mass is 519 g/mol. The molecule has 0 aliphatic carbocycles. The van der Waals surface area contributed by atoms with Gasteiger partial charge in [-0.25, -0.2) is 0 Å². The van der Waals surface area contributed by atoms with E-state index in [2.05, 4.69) is 139 Å². The summed E-state index contributed by atoms with van der Waals surface area (Å²) in [7, 11) is 0. The number of benzene rings is 4. The molecule has 4 aromatic carbocycles. The average molecular weight is 520 g/mol. The molecule has 5 heterocycles. The number of pyridine rings is 1. The van der Waals surface area contributed by atoms with Crippen LogP contribution >= 0.6 is 0 Å². The van der Waals surface area contributed by atoms with Crippen LogP contribution in [0, 0.1) is 13.8 Å². The smallest absolute Gasteiger partial charge is 0.352 e. The minimum absolute atomic E-state index is 0.332. The number of imidazole rings is 1. The molecule has 3 aliphatic rings. The number of nitrogens with zero attached hydrogens (tertiary/aromatic N) is 3. The number of rotatable bonds is 2. The maximum Gasteiger partial charge on any atom is 0.352 e. The summed E-state index contributed by atoms with van der Waals surface area (Å²) < 4.78 is 14.5. The lowest BCUT2D eigenvalue weighted by Crippen LogP contribution is -2.57. The number of aryl methyl sites for hydroxylation is 2. The molecule has 9 rings (SSSR count). The maximum atomic E-state index is 6.90. The van der Waals surface area contributed by atoms with Crippen LogP contribution in [0.3, 0.4) is 0 Å². The first-order valence-corrected chi connectivity index (χ1v) is 14.2. The Hall–Kier alpha value is -4.70. The van der Waals surface area contributed by atoms with Crippen molar-refractivity contribution in [3.8, 4) is 34.1 Å². The lowest BCUT2D eigenvalue weighted by Gasteiger charge is -2.22. The van der Waals surface area contributed by atoms with E-state index in [0.717, 1.165) is 22.5 Å². The zero-order valence-electron chi connectivity index (χ0n) is 23.1. The second-order valence-electron chi connectivity index (χ2n) is 11.7. The van der Waals surface area contributed by atoms with Crippen molar-refractivity contribution in [1.29, 1.82) is 0 Å². The van der Waals surface area contributed by atoms with Gasteiger partial charge in [0, 0.05) is 17.7 Å². The van der Waals surface area contributed by atoms with E-state index in [1.165, 1.54) is 56.3 Å². The van der Waals surface area contributed by atoms with E-state index in [1.807, 2.05) is 0 Å². The maximum absolute atomic E-state index is 6.90. The molecule has 4 nitrogen and oxygen atoms in total. The molecule has 192 valence electrons. The summed E-state index contributed by atoms with van der Waals surface area (Å²) in [6.07, 6.45) is 2.26. The fourth-order valence-corrected chi connectivity index (χ4v) is 7.75. The summed E-state index contributed by atoms with van der Waals surface area (Å²) in [5.74, 6) is 3.46. The number of hydrogen-bond acceptors (Lipinski definition) is 1. The highest BCUT2D eigenvalue weighted by Gasteiger charge is 2.69. The number of fused-ring (bicyclic) bond motifs is 7. The van der Waals surface area contributed by atoms with Gasteiger partial charge in [-0.3, -0.25) is 0 Å². The van der Waals surface area contributed by atoms with Gasteiger partial charge in [-0.1, -0.05) is 62.4 Å². The van der Waals surface area contributed by atoms with E-state index in [9.17, 15) is 0 Å². The van der Waals surface area contributed by atoms with E-state index in [1.54, 1.807) is 0 Å². The summed E-state index contributed by atoms with van der Waals surface area (Å²) in [6, 6.07) is 33.3. The third-order valence-corrected chi connectivity index (χ3v) is 9.28. The van der Waals surface area contributed by atoms with E-state index >= 15 is 0 Å². The second kappa shape index (κ2) is 7.28. The predicted molar refractivity (Wildman–Crippen MR) is 156 cm³/mol. The van der Waals surface area contributed by atoms with Crippen LogP contribution in [0.5, 0.6) is 11.5 Å². The van der Waals surface area contributed by atoms with Crippen molar-refractivity contribution in [1.82, 2.24) is 4.57 Å². The summed E-state index contributed by atoms with van der Waals surface area (Å²) in [5.41, 5.74) is 13.0. The predicted octanol–water partition coefficient (Wildman–Crippen LogP) is 7.17. The lowest BCUT2D eigenvalue weighted by atomic mass is 9.81. The molecule has 0 fully saturated rings. The Morgan fingerprint density at radius 3 is 2.38 bits per heavy atom. The summed E-state index contributed by atoms with van der Waals surface area (Å²) >= 11 is 0. The standard InChI is InChI=1S/C36H29N3O/c1-21(2)24-18-19-27-32-34(24)40-30-17-10-16-29-33(30)39(32)35(38(29)31-22(3)11-9-12-23(31)4)36(27)26-14-6-5-13-25(26)28-15-7-8-20-37(28)36/h5-21H,1-4H3/q+2. The molecule has 0 amide bonds. The Morgan fingerprint density at radius 2 is 1.55 bits per heavy atom. The van der Waals surface area contributed by atoms with Crippen molar-refractivity contribution in [2.45, 2.75) is 39.2 Å². The third kappa shape index (κ3) is 2.32. The van der Waals surface area contributed by atoms with Crippen molar-refractivity contribution < 1.29 is 13.9 Å². The van der Waals surface area contributed by atoms with Crippen molar-refractivity contribution in [2.75, 3.05) is 0 Å². The Bertz CT molecular complexity index is 2030. The van der Waals surface area contributed by atoms with Gasteiger partial charge in [0.1, 0.15) is 5.69 Å². The number of para-hydroxylation sites is 2. The normalized spacial score (nSPS) is 17.0. The summed E-state index contributed by atoms with van der Waals surface area (Å²) in [4.78, 5) is 0. The number of ether oxygens (including phenoxy) is 1. The van der Waals surface area contributed by atoms with Gasteiger partial charge in [0.2, 0.25) is 11.2 Å². The van der Waals surface area contributed by atoms with Crippen LogP contribution in [-0.4, -0.2) is 4.57 Å². The van der Waals surface area contributed by atoms with Gasteiger partial charge in [-0.15, -0.1) is 0 Å². The molecule has 4 heteroatoms. The third-order valence-electron chi connectivity index (χ3n) is 9.28. The van der Waals surface area contributed by atoms with Crippen LogP contribution in [0.25, 0.3) is 33.7 Å². The van der Waals surface area contributed by atoms with Crippen LogP contribution in [0.15, 0.2) is 97.2 Å². The van der Waals surface area contributed by atoms with Crippen LogP contribution in [-0.2, 0) is 5.54 Å². The van der Waals surface area contributed by atoms with Gasteiger partial charge in [0.05, 0.1) is 16.7 Å². The molecule has 40 heavy (non-hydrogen) atoms. The van der Waals surface area contributed by atoms with Crippen LogP contribution in [0.2, 0.25) is 0 Å². The van der Waals surface area contributed by atoms with Crippen molar-refractivity contribution in [3.63, 3.8) is 0 Å². The van der Waals surface area contributed by atoms with E-state index in [-0.39, 0.29) is 0 Å². The molecule has 1 spiro atoms. The molecule has 0 radical (unpaired) electrons. The van der Waals surface area contributed by atoms with Crippen molar-refractivity contribution >= 4 is 11.0 Å². The van der Waals surface area contributed by atoms with Gasteiger partial charge in [-0.05, 0) is 61.2 Å². The molecule has 0 bridgehead atoms. The molecule has 3 aliphatic heterocycles. The van der Waals surface area contributed by atoms with Gasteiger partial charge < -0.3 is 4.74 Å². The van der Waals surface area contributed by atoms with Crippen molar-refractivity contribution in [2.24, 2.45) is 0 Å². The molecular formula is C36H29N3O+2. The number of aromatic nitrogens is 3. The zero-order chi connectivity index (χ0) is 26.9. The highest BCUT2D eigenvalue weighted by molar-refractivity contribution is 5.87. The minimum atomic E-state index is -0.564. The fourth-order valence-electron chi connectivity index (χ4n) is 7.75. The molecule has 1 unspecified atom stereocenters. The SMILES string of the molecule is Cc1cccc(C)c1-n1c2[n+]3c4c(cccc41)Oc1c(C(C)C)ccc(c1-3)C21c2ccccc2-c2cccc[n+]21. The molecule has 6 aromatic rings. The molecule has 0 saturated heterocycles. The Morgan fingerprint density at radius 1 is 0.775 bits per heavy atom. The lowest BCUT2D eigenvalue weighted by molar-refractivity contribution is -0.733. The second-order valence-corrected chi connectivity index (χ2v) is 11.7. The Labute approximate surface area is 233 Å². The first-order valence-electron chi connectivity index (χ1n) is 14.2. The van der Waals surface area contributed by atoms with E-state index in [0.29, 0.717) is 5.92 Å². The first-order chi connectivity index (χ1) is 19.5.